The Morgan fingerprint density at radius 3 is 1.94 bits per heavy atom. The highest BCUT2D eigenvalue weighted by molar-refractivity contribution is 7.90. The molecule has 0 radical (unpaired) electrons. The molecule has 1 aliphatic heterocycles. The number of nitrogens with one attached hydrogen (secondary N) is 2. The van der Waals surface area contributed by atoms with Gasteiger partial charge in [0.2, 0.25) is 5.88 Å². The molecule has 0 saturated carbocycles. The van der Waals surface area contributed by atoms with Gasteiger partial charge in [0.1, 0.15) is 33.1 Å². The lowest BCUT2D eigenvalue weighted by Gasteiger charge is -2.37. The van der Waals surface area contributed by atoms with Gasteiger partial charge in [-0.05, 0) is 16.7 Å². The minimum Gasteiger partial charge on any atom is -0.474 e. The van der Waals surface area contributed by atoms with Gasteiger partial charge in [0.25, 0.3) is 0 Å². The van der Waals surface area contributed by atoms with Gasteiger partial charge in [-0.3, -0.25) is 0 Å². The van der Waals surface area contributed by atoms with Crippen LogP contribution < -0.4 is 9.46 Å². The lowest BCUT2D eigenvalue weighted by molar-refractivity contribution is 0.0165. The smallest absolute Gasteiger partial charge is 0.230 e. The van der Waals surface area contributed by atoms with Crippen LogP contribution in [0.15, 0.2) is 102 Å². The zero-order valence-electron chi connectivity index (χ0n) is 18.8. The summed E-state index contributed by atoms with van der Waals surface area (Å²) in [6.45, 7) is 0.786. The number of hydrogen-bond donors (Lipinski definition) is 2. The van der Waals surface area contributed by atoms with Crippen molar-refractivity contribution in [1.29, 1.82) is 4.78 Å². The van der Waals surface area contributed by atoms with Crippen molar-refractivity contribution in [2.45, 2.75) is 23.1 Å². The number of ether oxygens (including phenoxy) is 2. The summed E-state index contributed by atoms with van der Waals surface area (Å²) in [4.78, 5) is 0.217. The van der Waals surface area contributed by atoms with E-state index >= 15 is 0 Å². The molecule has 0 bridgehead atoms. The lowest BCUT2D eigenvalue weighted by Crippen LogP contribution is -2.47. The molecular formula is C26H26N4O3S. The Balaban J connectivity index is 1.69. The summed E-state index contributed by atoms with van der Waals surface area (Å²) in [7, 11) is -1.97. The summed E-state index contributed by atoms with van der Waals surface area (Å²) in [5, 5.41) is 4.34. The Kier molecular flexibility index (Phi) is 5.95. The summed E-state index contributed by atoms with van der Waals surface area (Å²) in [5.41, 5.74) is 1.55. The molecule has 34 heavy (non-hydrogen) atoms. The monoisotopic (exact) mass is 474 g/mol. The van der Waals surface area contributed by atoms with Crippen LogP contribution in [-0.4, -0.2) is 33.8 Å². The van der Waals surface area contributed by atoms with Crippen LogP contribution in [0.1, 0.15) is 16.7 Å². The third kappa shape index (κ3) is 3.90. The summed E-state index contributed by atoms with van der Waals surface area (Å²) in [6, 6.07) is 29.4. The van der Waals surface area contributed by atoms with Crippen LogP contribution in [0.2, 0.25) is 0 Å². The standard InChI is InChI=1S/C26H26N4O3S/c1-32-23-18-30-25(33-19-23)24(17-28-30)34(27,31)29-26(20-11-5-2-6-12-20,21-13-7-3-8-14-21)22-15-9-4-10-16-22/h2-17,23H,18-19H2,1H3,(H2,27,29,31). The van der Waals surface area contributed by atoms with Crippen LogP contribution in [0, 0.1) is 4.78 Å². The molecule has 5 rings (SSSR count). The molecule has 2 N–H and O–H groups in total. The van der Waals surface area contributed by atoms with E-state index in [4.69, 9.17) is 14.3 Å². The van der Waals surface area contributed by atoms with Gasteiger partial charge >= 0.3 is 0 Å². The first kappa shape index (κ1) is 22.3. The van der Waals surface area contributed by atoms with Crippen molar-refractivity contribution in [3.05, 3.63) is 114 Å². The highest BCUT2D eigenvalue weighted by Gasteiger charge is 2.41. The first-order chi connectivity index (χ1) is 16.5. The van der Waals surface area contributed by atoms with Crippen LogP contribution in [0.5, 0.6) is 5.88 Å². The second-order valence-electron chi connectivity index (χ2n) is 8.17. The van der Waals surface area contributed by atoms with Crippen molar-refractivity contribution < 1.29 is 13.7 Å². The Hall–Kier alpha value is -3.46. The zero-order chi connectivity index (χ0) is 23.6. The van der Waals surface area contributed by atoms with Gasteiger partial charge in [0.15, 0.2) is 0 Å². The van der Waals surface area contributed by atoms with E-state index < -0.39 is 15.5 Å². The average Bonchev–Trinajstić information content (AvgIpc) is 3.33. The molecule has 1 aromatic heterocycles. The molecule has 0 saturated heterocycles. The second kappa shape index (κ2) is 9.06. The fourth-order valence-electron chi connectivity index (χ4n) is 4.40. The molecule has 7 nitrogen and oxygen atoms in total. The van der Waals surface area contributed by atoms with E-state index in [9.17, 15) is 4.21 Å². The van der Waals surface area contributed by atoms with Gasteiger partial charge in [0.05, 0.1) is 12.7 Å². The minimum atomic E-state index is -3.58. The predicted octanol–water partition coefficient (Wildman–Crippen LogP) is 4.19. The zero-order valence-corrected chi connectivity index (χ0v) is 19.6. The van der Waals surface area contributed by atoms with E-state index in [0.717, 1.165) is 16.7 Å². The molecule has 2 heterocycles. The van der Waals surface area contributed by atoms with Gasteiger partial charge in [-0.25, -0.2) is 18.4 Å². The van der Waals surface area contributed by atoms with Crippen molar-refractivity contribution in [3.63, 3.8) is 0 Å². The highest BCUT2D eigenvalue weighted by Crippen LogP contribution is 2.39. The van der Waals surface area contributed by atoms with Crippen molar-refractivity contribution in [1.82, 2.24) is 14.5 Å². The van der Waals surface area contributed by atoms with Crippen molar-refractivity contribution in [2.24, 2.45) is 0 Å². The van der Waals surface area contributed by atoms with Crippen LogP contribution in [-0.2, 0) is 26.7 Å². The minimum absolute atomic E-state index is 0.146. The summed E-state index contributed by atoms with van der Waals surface area (Å²) in [6.07, 6.45) is 1.31. The van der Waals surface area contributed by atoms with Crippen LogP contribution in [0.3, 0.4) is 0 Å². The first-order valence-electron chi connectivity index (χ1n) is 11.0. The maximum absolute atomic E-state index is 14.2. The Labute approximate surface area is 199 Å². The molecule has 8 heteroatoms. The third-order valence-corrected chi connectivity index (χ3v) is 7.60. The van der Waals surface area contributed by atoms with Gasteiger partial charge in [-0.2, -0.15) is 5.10 Å². The summed E-state index contributed by atoms with van der Waals surface area (Å²) >= 11 is 0. The van der Waals surface area contributed by atoms with Gasteiger partial charge in [-0.15, -0.1) is 0 Å². The van der Waals surface area contributed by atoms with Gasteiger partial charge in [-0.1, -0.05) is 91.0 Å². The molecule has 0 aliphatic carbocycles. The van der Waals surface area contributed by atoms with E-state index in [-0.39, 0.29) is 11.0 Å². The molecule has 1 aliphatic rings. The number of hydrogen-bond acceptors (Lipinski definition) is 5. The van der Waals surface area contributed by atoms with Gasteiger partial charge < -0.3 is 9.47 Å². The number of fused-ring (bicyclic) bond motifs is 1. The SMILES string of the molecule is COC1COc2c(S(=N)(=O)NC(c3ccccc3)(c3ccccc3)c3ccccc3)cnn2C1. The van der Waals surface area contributed by atoms with Crippen molar-refractivity contribution in [3.8, 4) is 5.88 Å². The molecule has 4 aromatic rings. The number of benzene rings is 3. The Bertz CT molecular complexity index is 1260. The molecule has 174 valence electrons. The number of methoxy groups -OCH3 is 1. The quantitative estimate of drug-likeness (QED) is 0.393. The predicted molar refractivity (Wildman–Crippen MR) is 130 cm³/mol. The maximum Gasteiger partial charge on any atom is 0.230 e. The Morgan fingerprint density at radius 1 is 0.971 bits per heavy atom. The van der Waals surface area contributed by atoms with Crippen LogP contribution in [0.25, 0.3) is 0 Å². The first-order valence-corrected chi connectivity index (χ1v) is 12.6. The van der Waals surface area contributed by atoms with E-state index in [0.29, 0.717) is 19.0 Å². The summed E-state index contributed by atoms with van der Waals surface area (Å²) in [5.74, 6) is 0.337. The molecule has 2 atom stereocenters. The normalized spacial score (nSPS) is 17.4. The third-order valence-electron chi connectivity index (χ3n) is 6.10. The molecule has 0 fully saturated rings. The van der Waals surface area contributed by atoms with Crippen molar-refractivity contribution >= 4 is 9.92 Å². The van der Waals surface area contributed by atoms with Crippen LogP contribution in [0.4, 0.5) is 0 Å². The van der Waals surface area contributed by atoms with Crippen molar-refractivity contribution in [2.75, 3.05) is 13.7 Å². The Morgan fingerprint density at radius 2 is 1.47 bits per heavy atom. The summed E-state index contributed by atoms with van der Waals surface area (Å²) < 4.78 is 39.4. The van der Waals surface area contributed by atoms with E-state index in [1.807, 2.05) is 91.0 Å². The number of nitrogens with zero attached hydrogens (tertiary/aromatic N) is 2. The fourth-order valence-corrected chi connectivity index (χ4v) is 5.90. The van der Waals surface area contributed by atoms with Gasteiger partial charge in [0, 0.05) is 7.11 Å². The molecule has 2 unspecified atom stereocenters. The highest BCUT2D eigenvalue weighted by atomic mass is 32.2. The van der Waals surface area contributed by atoms with E-state index in [2.05, 4.69) is 9.82 Å². The molecular weight excluding hydrogens is 448 g/mol. The lowest BCUT2D eigenvalue weighted by atomic mass is 9.78. The topological polar surface area (TPSA) is 89.2 Å². The maximum atomic E-state index is 14.2. The number of aromatic nitrogens is 2. The van der Waals surface area contributed by atoms with E-state index in [1.165, 1.54) is 6.20 Å². The average molecular weight is 475 g/mol. The van der Waals surface area contributed by atoms with Crippen LogP contribution >= 0.6 is 0 Å². The molecule has 0 spiro atoms. The molecule has 0 amide bonds. The largest absolute Gasteiger partial charge is 0.474 e. The molecule has 3 aromatic carbocycles. The van der Waals surface area contributed by atoms with E-state index in [1.54, 1.807) is 11.8 Å². The number of rotatable bonds is 7. The second-order valence-corrected chi connectivity index (χ2v) is 9.93. The fraction of sp³-hybridized carbons (Fsp3) is 0.192.